The van der Waals surface area contributed by atoms with Gasteiger partial charge in [0.15, 0.2) is 18.1 Å². The summed E-state index contributed by atoms with van der Waals surface area (Å²) in [6.07, 6.45) is -1.83. The molecule has 5 nitrogen and oxygen atoms in total. The second-order valence-electron chi connectivity index (χ2n) is 5.26. The third-order valence-corrected chi connectivity index (χ3v) is 3.36. The molecule has 0 unspecified atom stereocenters. The lowest BCUT2D eigenvalue weighted by molar-refractivity contribution is -0.137. The van der Waals surface area contributed by atoms with Crippen LogP contribution in [0.3, 0.4) is 0 Å². The Bertz CT molecular complexity index is 886. The SMILES string of the molecule is COc1cc(/C=C/C(=O)Nc2cccc(C(F)(F)F)c2)ccc1OCC#N. The number of nitrogens with one attached hydrogen (secondary N) is 1. The van der Waals surface area contributed by atoms with Gasteiger partial charge >= 0.3 is 6.18 Å². The lowest BCUT2D eigenvalue weighted by Gasteiger charge is -2.09. The minimum atomic E-state index is -4.48. The van der Waals surface area contributed by atoms with Crippen LogP contribution in [-0.2, 0) is 11.0 Å². The molecular formula is C19H15F3N2O3. The molecule has 0 aromatic heterocycles. The number of ether oxygens (including phenoxy) is 2. The van der Waals surface area contributed by atoms with Crippen molar-refractivity contribution in [2.75, 3.05) is 19.0 Å². The molecule has 0 saturated carbocycles. The predicted octanol–water partition coefficient (Wildman–Crippen LogP) is 4.27. The summed E-state index contributed by atoms with van der Waals surface area (Å²) >= 11 is 0. The molecule has 8 heteroatoms. The molecule has 0 aliphatic carbocycles. The molecule has 1 N–H and O–H groups in total. The highest BCUT2D eigenvalue weighted by molar-refractivity contribution is 6.02. The smallest absolute Gasteiger partial charge is 0.416 e. The van der Waals surface area contributed by atoms with Crippen molar-refractivity contribution in [3.8, 4) is 17.6 Å². The van der Waals surface area contributed by atoms with Crippen molar-refractivity contribution < 1.29 is 27.4 Å². The van der Waals surface area contributed by atoms with E-state index in [2.05, 4.69) is 5.32 Å². The quantitative estimate of drug-likeness (QED) is 0.765. The number of halogens is 3. The van der Waals surface area contributed by atoms with Crippen molar-refractivity contribution in [1.82, 2.24) is 0 Å². The number of benzene rings is 2. The van der Waals surface area contributed by atoms with Crippen molar-refractivity contribution in [3.63, 3.8) is 0 Å². The van der Waals surface area contributed by atoms with Gasteiger partial charge < -0.3 is 14.8 Å². The topological polar surface area (TPSA) is 71.3 Å². The van der Waals surface area contributed by atoms with Crippen LogP contribution in [0.15, 0.2) is 48.5 Å². The van der Waals surface area contributed by atoms with E-state index in [4.69, 9.17) is 14.7 Å². The first-order chi connectivity index (χ1) is 12.8. The summed E-state index contributed by atoms with van der Waals surface area (Å²) in [7, 11) is 1.43. The molecule has 0 fully saturated rings. The van der Waals surface area contributed by atoms with Crippen molar-refractivity contribution in [3.05, 3.63) is 59.7 Å². The molecule has 0 heterocycles. The molecule has 2 aromatic rings. The van der Waals surface area contributed by atoms with E-state index in [1.165, 1.54) is 31.4 Å². The Hall–Kier alpha value is -3.47. The first-order valence-electron chi connectivity index (χ1n) is 7.67. The molecule has 0 bridgehead atoms. The first kappa shape index (κ1) is 19.8. The van der Waals surface area contributed by atoms with Crippen molar-refractivity contribution in [2.24, 2.45) is 0 Å². The maximum absolute atomic E-state index is 12.7. The van der Waals surface area contributed by atoms with Gasteiger partial charge in [0.25, 0.3) is 0 Å². The van der Waals surface area contributed by atoms with E-state index in [0.717, 1.165) is 12.1 Å². The van der Waals surface area contributed by atoms with Gasteiger partial charge in [-0.15, -0.1) is 0 Å². The van der Waals surface area contributed by atoms with E-state index < -0.39 is 17.6 Å². The maximum atomic E-state index is 12.7. The standard InChI is InChI=1S/C19H15F3N2O3/c1-26-17-11-13(5-7-16(17)27-10-9-23)6-8-18(25)24-15-4-2-3-14(12-15)19(20,21)22/h2-8,11-12H,10H2,1H3,(H,24,25)/b8-6+. The Balaban J connectivity index is 2.07. The number of hydrogen-bond acceptors (Lipinski definition) is 4. The number of carbonyl (C=O) groups is 1. The first-order valence-corrected chi connectivity index (χ1v) is 7.67. The zero-order chi connectivity index (χ0) is 19.9. The minimum Gasteiger partial charge on any atom is -0.493 e. The Morgan fingerprint density at radius 3 is 2.67 bits per heavy atom. The number of carbonyl (C=O) groups excluding carboxylic acids is 1. The fourth-order valence-electron chi connectivity index (χ4n) is 2.15. The number of hydrogen-bond donors (Lipinski definition) is 1. The highest BCUT2D eigenvalue weighted by Gasteiger charge is 2.30. The fourth-order valence-corrected chi connectivity index (χ4v) is 2.15. The van der Waals surface area contributed by atoms with Gasteiger partial charge in [-0.25, -0.2) is 0 Å². The van der Waals surface area contributed by atoms with Crippen LogP contribution in [0.25, 0.3) is 6.08 Å². The highest BCUT2D eigenvalue weighted by Crippen LogP contribution is 2.31. The Kier molecular flexibility index (Phi) is 6.44. The number of nitriles is 1. The van der Waals surface area contributed by atoms with Crippen LogP contribution in [-0.4, -0.2) is 19.6 Å². The van der Waals surface area contributed by atoms with Gasteiger partial charge in [0.1, 0.15) is 6.07 Å². The molecule has 0 radical (unpaired) electrons. The number of alkyl halides is 3. The number of anilines is 1. The molecular weight excluding hydrogens is 361 g/mol. The monoisotopic (exact) mass is 376 g/mol. The van der Waals surface area contributed by atoms with Crippen molar-refractivity contribution >= 4 is 17.7 Å². The second-order valence-corrected chi connectivity index (χ2v) is 5.26. The van der Waals surface area contributed by atoms with Crippen molar-refractivity contribution in [1.29, 1.82) is 5.26 Å². The molecule has 1 amide bonds. The van der Waals surface area contributed by atoms with E-state index >= 15 is 0 Å². The molecule has 0 saturated heterocycles. The zero-order valence-corrected chi connectivity index (χ0v) is 14.2. The summed E-state index contributed by atoms with van der Waals surface area (Å²) in [4.78, 5) is 11.9. The zero-order valence-electron chi connectivity index (χ0n) is 14.2. The van der Waals surface area contributed by atoms with E-state index in [9.17, 15) is 18.0 Å². The Labute approximate surface area is 153 Å². The number of nitrogens with zero attached hydrogens (tertiary/aromatic N) is 1. The van der Waals surface area contributed by atoms with Crippen LogP contribution in [0, 0.1) is 11.3 Å². The summed E-state index contributed by atoms with van der Waals surface area (Å²) in [6.45, 7) is -0.134. The van der Waals surface area contributed by atoms with Gasteiger partial charge in [0, 0.05) is 11.8 Å². The summed E-state index contributed by atoms with van der Waals surface area (Å²) in [5, 5.41) is 10.9. The van der Waals surface area contributed by atoms with Gasteiger partial charge in [0.05, 0.1) is 12.7 Å². The summed E-state index contributed by atoms with van der Waals surface area (Å²) in [5.74, 6) is 0.174. The third-order valence-electron chi connectivity index (χ3n) is 3.36. The average Bonchev–Trinajstić information content (AvgIpc) is 2.64. The van der Waals surface area contributed by atoms with Gasteiger partial charge in [-0.2, -0.15) is 18.4 Å². The number of rotatable bonds is 6. The molecule has 27 heavy (non-hydrogen) atoms. The number of methoxy groups -OCH3 is 1. The van der Waals surface area contributed by atoms with E-state index in [0.29, 0.717) is 17.1 Å². The van der Waals surface area contributed by atoms with E-state index in [1.807, 2.05) is 6.07 Å². The van der Waals surface area contributed by atoms with Crippen LogP contribution in [0.5, 0.6) is 11.5 Å². The molecule has 2 rings (SSSR count). The average molecular weight is 376 g/mol. The lowest BCUT2D eigenvalue weighted by Crippen LogP contribution is -2.10. The van der Waals surface area contributed by atoms with Gasteiger partial charge in [0.2, 0.25) is 5.91 Å². The maximum Gasteiger partial charge on any atom is 0.416 e. The molecule has 0 aliphatic rings. The minimum absolute atomic E-state index is 0.0392. The molecule has 0 spiro atoms. The molecule has 0 aliphatic heterocycles. The van der Waals surface area contributed by atoms with Crippen LogP contribution in [0.1, 0.15) is 11.1 Å². The highest BCUT2D eigenvalue weighted by atomic mass is 19.4. The Morgan fingerprint density at radius 1 is 1.22 bits per heavy atom. The molecule has 2 aromatic carbocycles. The second kappa shape index (κ2) is 8.76. The summed E-state index contributed by atoms with van der Waals surface area (Å²) in [6, 6.07) is 11.0. The van der Waals surface area contributed by atoms with Crippen LogP contribution >= 0.6 is 0 Å². The van der Waals surface area contributed by atoms with Crippen LogP contribution in [0.2, 0.25) is 0 Å². The van der Waals surface area contributed by atoms with Gasteiger partial charge in [-0.05, 0) is 42.0 Å². The summed E-state index contributed by atoms with van der Waals surface area (Å²) in [5.41, 5.74) is -0.199. The normalized spacial score (nSPS) is 11.1. The van der Waals surface area contributed by atoms with Crippen LogP contribution in [0.4, 0.5) is 18.9 Å². The lowest BCUT2D eigenvalue weighted by atomic mass is 10.1. The van der Waals surface area contributed by atoms with E-state index in [1.54, 1.807) is 18.2 Å². The number of amides is 1. The molecule has 140 valence electrons. The van der Waals surface area contributed by atoms with Gasteiger partial charge in [-0.3, -0.25) is 4.79 Å². The van der Waals surface area contributed by atoms with Crippen molar-refractivity contribution in [2.45, 2.75) is 6.18 Å². The van der Waals surface area contributed by atoms with Crippen LogP contribution < -0.4 is 14.8 Å². The van der Waals surface area contributed by atoms with E-state index in [-0.39, 0.29) is 12.3 Å². The van der Waals surface area contributed by atoms with Gasteiger partial charge in [-0.1, -0.05) is 12.1 Å². The summed E-state index contributed by atoms with van der Waals surface area (Å²) < 4.78 is 48.4. The third kappa shape index (κ3) is 5.78. The molecule has 0 atom stereocenters. The predicted molar refractivity (Wildman–Crippen MR) is 93.2 cm³/mol. The largest absolute Gasteiger partial charge is 0.493 e. The fraction of sp³-hybridized carbons (Fsp3) is 0.158. The Morgan fingerprint density at radius 2 is 2.00 bits per heavy atom.